The van der Waals surface area contributed by atoms with Gasteiger partial charge in [-0.1, -0.05) is 11.6 Å². The fourth-order valence-corrected chi connectivity index (χ4v) is 2.63. The van der Waals surface area contributed by atoms with E-state index in [1.165, 1.54) is 0 Å². The number of hydrogen-bond donors (Lipinski definition) is 1. The summed E-state index contributed by atoms with van der Waals surface area (Å²) in [7, 11) is 1.86. The topological polar surface area (TPSA) is 35.6 Å². The van der Waals surface area contributed by atoms with E-state index in [2.05, 4.69) is 10.2 Å². The molecule has 20 heavy (non-hydrogen) atoms. The largest absolute Gasteiger partial charge is 0.340 e. The van der Waals surface area contributed by atoms with E-state index >= 15 is 0 Å². The molecule has 1 aromatic carbocycles. The van der Waals surface area contributed by atoms with Gasteiger partial charge in [-0.15, -0.1) is 0 Å². The Bertz CT molecular complexity index is 472. The molecule has 4 nitrogen and oxygen atoms in total. The molecule has 2 rings (SSSR count). The number of likely N-dealkylation sites (N-methyl/N-ethyl adjacent to an activating group) is 1. The van der Waals surface area contributed by atoms with Crippen LogP contribution >= 0.6 is 11.6 Å². The van der Waals surface area contributed by atoms with E-state index in [0.29, 0.717) is 5.02 Å². The summed E-state index contributed by atoms with van der Waals surface area (Å²) in [6.07, 6.45) is 0. The summed E-state index contributed by atoms with van der Waals surface area (Å²) in [4.78, 5) is 16.6. The zero-order valence-electron chi connectivity index (χ0n) is 12.2. The second kappa shape index (κ2) is 7.07. The Morgan fingerprint density at radius 3 is 2.75 bits per heavy atom. The number of piperazine rings is 1. The van der Waals surface area contributed by atoms with Crippen molar-refractivity contribution in [1.29, 1.82) is 0 Å². The normalized spacial score (nSPS) is 16.1. The van der Waals surface area contributed by atoms with Gasteiger partial charge in [0.2, 0.25) is 0 Å². The summed E-state index contributed by atoms with van der Waals surface area (Å²) in [5, 5.41) is 4.00. The van der Waals surface area contributed by atoms with Gasteiger partial charge in [0, 0.05) is 56.9 Å². The van der Waals surface area contributed by atoms with Gasteiger partial charge in [-0.2, -0.15) is 0 Å². The first-order chi connectivity index (χ1) is 9.58. The van der Waals surface area contributed by atoms with Crippen LogP contribution in [-0.2, 0) is 0 Å². The van der Waals surface area contributed by atoms with Crippen LogP contribution in [0.5, 0.6) is 0 Å². The highest BCUT2D eigenvalue weighted by atomic mass is 35.5. The maximum atomic E-state index is 12.4. The lowest BCUT2D eigenvalue weighted by molar-refractivity contribution is 0.0774. The molecule has 0 unspecified atom stereocenters. The van der Waals surface area contributed by atoms with Gasteiger partial charge >= 0.3 is 0 Å². The van der Waals surface area contributed by atoms with Crippen LogP contribution in [0.4, 0.5) is 0 Å². The summed E-state index contributed by atoms with van der Waals surface area (Å²) in [6, 6.07) is 5.41. The van der Waals surface area contributed by atoms with E-state index in [1.807, 2.05) is 20.0 Å². The molecule has 0 bridgehead atoms. The van der Waals surface area contributed by atoms with Crippen LogP contribution < -0.4 is 5.32 Å². The summed E-state index contributed by atoms with van der Waals surface area (Å²) in [5.74, 6) is 0.0642. The number of rotatable bonds is 4. The van der Waals surface area contributed by atoms with Crippen LogP contribution in [0.3, 0.4) is 0 Å². The Morgan fingerprint density at radius 2 is 2.10 bits per heavy atom. The fraction of sp³-hybridized carbons (Fsp3) is 0.533. The van der Waals surface area contributed by atoms with Gasteiger partial charge in [0.15, 0.2) is 0 Å². The molecule has 0 aromatic heterocycles. The number of halogens is 1. The molecular weight excluding hydrogens is 274 g/mol. The number of nitrogens with zero attached hydrogens (tertiary/aromatic N) is 2. The molecule has 1 aliphatic rings. The van der Waals surface area contributed by atoms with Gasteiger partial charge in [0.05, 0.1) is 0 Å². The lowest BCUT2D eigenvalue weighted by Crippen LogP contribution is -2.46. The third kappa shape index (κ3) is 3.95. The van der Waals surface area contributed by atoms with Crippen LogP contribution in [-0.4, -0.2) is 62.0 Å². The van der Waals surface area contributed by atoms with Crippen molar-refractivity contribution in [2.24, 2.45) is 0 Å². The van der Waals surface area contributed by atoms with Crippen LogP contribution in [0.15, 0.2) is 18.2 Å². The fourth-order valence-electron chi connectivity index (χ4n) is 2.40. The lowest BCUT2D eigenvalue weighted by atomic mass is 10.1. The maximum Gasteiger partial charge on any atom is 0.253 e. The zero-order valence-corrected chi connectivity index (χ0v) is 12.9. The summed E-state index contributed by atoms with van der Waals surface area (Å²) in [6.45, 7) is 7.78. The van der Waals surface area contributed by atoms with Crippen molar-refractivity contribution in [3.05, 3.63) is 34.3 Å². The Hall–Kier alpha value is -1.10. The van der Waals surface area contributed by atoms with Crippen LogP contribution in [0.1, 0.15) is 15.9 Å². The Labute approximate surface area is 125 Å². The van der Waals surface area contributed by atoms with Crippen molar-refractivity contribution in [3.8, 4) is 0 Å². The van der Waals surface area contributed by atoms with Crippen molar-refractivity contribution in [2.75, 3.05) is 46.3 Å². The number of carbonyl (C=O) groups is 1. The number of amides is 1. The third-order valence-corrected chi connectivity index (χ3v) is 3.96. The molecule has 0 atom stereocenters. The van der Waals surface area contributed by atoms with Crippen molar-refractivity contribution in [3.63, 3.8) is 0 Å². The Morgan fingerprint density at radius 1 is 1.40 bits per heavy atom. The maximum absolute atomic E-state index is 12.4. The highest BCUT2D eigenvalue weighted by molar-refractivity contribution is 6.30. The predicted molar refractivity (Wildman–Crippen MR) is 82.5 cm³/mol. The first-order valence-corrected chi connectivity index (χ1v) is 7.40. The van der Waals surface area contributed by atoms with Crippen LogP contribution in [0.2, 0.25) is 5.02 Å². The summed E-state index contributed by atoms with van der Waals surface area (Å²) < 4.78 is 0. The summed E-state index contributed by atoms with van der Waals surface area (Å²) in [5.41, 5.74) is 1.66. The van der Waals surface area contributed by atoms with E-state index in [4.69, 9.17) is 11.6 Å². The van der Waals surface area contributed by atoms with E-state index in [9.17, 15) is 4.79 Å². The number of hydrogen-bond acceptors (Lipinski definition) is 3. The van der Waals surface area contributed by atoms with Gasteiger partial charge in [-0.05, 0) is 30.7 Å². The van der Waals surface area contributed by atoms with Crippen molar-refractivity contribution >= 4 is 17.5 Å². The average Bonchev–Trinajstić information content (AvgIpc) is 2.45. The van der Waals surface area contributed by atoms with Crippen molar-refractivity contribution in [1.82, 2.24) is 15.1 Å². The van der Waals surface area contributed by atoms with E-state index in [0.717, 1.165) is 50.4 Å². The smallest absolute Gasteiger partial charge is 0.253 e. The molecule has 1 amide bonds. The number of benzene rings is 1. The molecule has 0 saturated carbocycles. The number of nitrogens with one attached hydrogen (secondary N) is 1. The van der Waals surface area contributed by atoms with Gasteiger partial charge in [-0.3, -0.25) is 9.69 Å². The molecule has 0 radical (unpaired) electrons. The molecule has 1 fully saturated rings. The molecule has 1 N–H and O–H groups in total. The third-order valence-electron chi connectivity index (χ3n) is 3.73. The van der Waals surface area contributed by atoms with Crippen LogP contribution in [0.25, 0.3) is 0 Å². The first-order valence-electron chi connectivity index (χ1n) is 7.02. The molecule has 5 heteroatoms. The SMILES string of the molecule is Cc1cc(Cl)ccc1C(=O)N(C)CCN1CCNCC1. The molecule has 1 aromatic rings. The van der Waals surface area contributed by atoms with E-state index in [-0.39, 0.29) is 5.91 Å². The van der Waals surface area contributed by atoms with Crippen molar-refractivity contribution in [2.45, 2.75) is 6.92 Å². The minimum Gasteiger partial charge on any atom is -0.340 e. The number of aryl methyl sites for hydroxylation is 1. The molecule has 110 valence electrons. The Balaban J connectivity index is 1.90. The van der Waals surface area contributed by atoms with Gasteiger partial charge in [0.1, 0.15) is 0 Å². The van der Waals surface area contributed by atoms with Crippen LogP contribution in [0, 0.1) is 6.92 Å². The quantitative estimate of drug-likeness (QED) is 0.917. The summed E-state index contributed by atoms with van der Waals surface area (Å²) >= 11 is 5.93. The molecule has 1 saturated heterocycles. The average molecular weight is 296 g/mol. The molecular formula is C15H22ClN3O. The highest BCUT2D eigenvalue weighted by Crippen LogP contribution is 2.16. The molecule has 1 aliphatic heterocycles. The first kappa shape index (κ1) is 15.3. The number of carbonyl (C=O) groups excluding carboxylic acids is 1. The van der Waals surface area contributed by atoms with Gasteiger partial charge < -0.3 is 10.2 Å². The van der Waals surface area contributed by atoms with Gasteiger partial charge in [-0.25, -0.2) is 0 Å². The second-order valence-electron chi connectivity index (χ2n) is 5.28. The second-order valence-corrected chi connectivity index (χ2v) is 5.71. The monoisotopic (exact) mass is 295 g/mol. The molecule has 0 aliphatic carbocycles. The minimum absolute atomic E-state index is 0.0642. The van der Waals surface area contributed by atoms with E-state index in [1.54, 1.807) is 17.0 Å². The Kier molecular flexibility index (Phi) is 5.40. The minimum atomic E-state index is 0.0642. The predicted octanol–water partition coefficient (Wildman–Crippen LogP) is 1.63. The van der Waals surface area contributed by atoms with Crippen molar-refractivity contribution < 1.29 is 4.79 Å². The highest BCUT2D eigenvalue weighted by Gasteiger charge is 2.16. The lowest BCUT2D eigenvalue weighted by Gasteiger charge is -2.29. The van der Waals surface area contributed by atoms with Gasteiger partial charge in [0.25, 0.3) is 5.91 Å². The van der Waals surface area contributed by atoms with E-state index < -0.39 is 0 Å². The molecule has 1 heterocycles. The molecule has 0 spiro atoms. The zero-order chi connectivity index (χ0) is 14.5. The standard InChI is InChI=1S/C15H22ClN3O/c1-12-11-13(16)3-4-14(12)15(20)18(2)9-10-19-7-5-17-6-8-19/h3-4,11,17H,5-10H2,1-2H3.